The van der Waals surface area contributed by atoms with Crippen molar-refractivity contribution < 1.29 is 0 Å². The Balaban J connectivity index is 0.00000116. The van der Waals surface area contributed by atoms with Crippen LogP contribution in [0.2, 0.25) is 0 Å². The predicted octanol–water partition coefficient (Wildman–Crippen LogP) is 18.1. The van der Waals surface area contributed by atoms with Crippen LogP contribution in [-0.4, -0.2) is 0 Å². The van der Waals surface area contributed by atoms with Gasteiger partial charge in [-0.3, -0.25) is 0 Å². The zero-order valence-corrected chi connectivity index (χ0v) is 36.0. The average molecular weight is 821 g/mol. The fourth-order valence-corrected chi connectivity index (χ4v) is 8.58. The van der Waals surface area contributed by atoms with Gasteiger partial charge < -0.3 is 9.80 Å². The Morgan fingerprint density at radius 2 is 0.547 bits per heavy atom. The first kappa shape index (κ1) is 39.9. The highest BCUT2D eigenvalue weighted by atomic mass is 15.1. The maximum absolute atomic E-state index is 3.48. The molecule has 0 aromatic heterocycles. The fourth-order valence-electron chi connectivity index (χ4n) is 8.58. The van der Waals surface area contributed by atoms with Crippen molar-refractivity contribution in [3.05, 3.63) is 254 Å². The first-order valence-corrected chi connectivity index (χ1v) is 22.1. The third kappa shape index (κ3) is 8.38. The van der Waals surface area contributed by atoms with E-state index in [0.717, 1.165) is 51.7 Å². The fraction of sp³-hybridized carbons (Fsp3) is 0.0323. The predicted molar refractivity (Wildman–Crippen MR) is 279 cm³/mol. The number of allylic oxidation sites excluding steroid dienone is 1. The molecule has 0 spiro atoms. The third-order valence-electron chi connectivity index (χ3n) is 12.0. The second kappa shape index (κ2) is 18.0. The van der Waals surface area contributed by atoms with E-state index in [9.17, 15) is 0 Å². The highest BCUT2D eigenvalue weighted by molar-refractivity contribution is 5.96. The summed E-state index contributed by atoms with van der Waals surface area (Å²) in [5.41, 5.74) is 9.06. The zero-order chi connectivity index (χ0) is 43.2. The van der Waals surface area contributed by atoms with E-state index < -0.39 is 0 Å². The zero-order valence-electron chi connectivity index (χ0n) is 36.0. The molecule has 0 radical (unpaired) electrons. The van der Waals surface area contributed by atoms with Crippen molar-refractivity contribution in [2.75, 3.05) is 9.80 Å². The van der Waals surface area contributed by atoms with E-state index in [1.165, 1.54) is 53.9 Å². The van der Waals surface area contributed by atoms with E-state index in [-0.39, 0.29) is 0 Å². The van der Waals surface area contributed by atoms with Gasteiger partial charge in [-0.15, -0.1) is 6.58 Å². The Morgan fingerprint density at radius 3 is 0.922 bits per heavy atom. The maximum Gasteiger partial charge on any atom is 0.0468 e. The van der Waals surface area contributed by atoms with Gasteiger partial charge >= 0.3 is 0 Å². The molecule has 2 nitrogen and oxygen atoms in total. The molecule has 0 saturated carbocycles. The Labute approximate surface area is 375 Å². The number of hydrogen-bond acceptors (Lipinski definition) is 2. The quantitative estimate of drug-likeness (QED) is 0.106. The van der Waals surface area contributed by atoms with E-state index in [2.05, 4.69) is 266 Å². The van der Waals surface area contributed by atoms with E-state index in [1.807, 2.05) is 6.08 Å². The van der Waals surface area contributed by atoms with Gasteiger partial charge in [0.25, 0.3) is 0 Å². The number of hydrogen-bond donors (Lipinski definition) is 0. The Bertz CT molecular complexity index is 3310. The van der Waals surface area contributed by atoms with Gasteiger partial charge in [-0.2, -0.15) is 0 Å². The van der Waals surface area contributed by atoms with Crippen LogP contribution in [0.4, 0.5) is 34.1 Å². The third-order valence-corrected chi connectivity index (χ3v) is 12.0. The van der Waals surface area contributed by atoms with Gasteiger partial charge in [0.05, 0.1) is 0 Å². The number of anilines is 6. The molecule has 0 amide bonds. The molecule has 0 unspecified atom stereocenters. The molecule has 306 valence electrons. The van der Waals surface area contributed by atoms with Crippen molar-refractivity contribution in [3.63, 3.8) is 0 Å². The standard InChI is InChI=1S/C58H40N2.C4H8/c1-5-13-47-36-54(30-23-43(47)9-1)59(55-31-24-44-10-2-6-14-48(44)37-55)53-28-20-41(21-29-53)17-18-42-19-22-52-40-58(34-27-51(52)35-42)60(56-32-25-45-11-3-7-15-49(45)38-56)57-33-26-46-12-4-8-16-50(46)39-57;1-3-4-2/h1-40H;3H,1,4H2,2H3/b18-17+;. The average Bonchev–Trinajstić information content (AvgIpc) is 3.36. The van der Waals surface area contributed by atoms with E-state index in [0.29, 0.717) is 0 Å². The molecule has 0 heterocycles. The van der Waals surface area contributed by atoms with E-state index in [4.69, 9.17) is 0 Å². The van der Waals surface area contributed by atoms with Crippen molar-refractivity contribution >= 4 is 100 Å². The van der Waals surface area contributed by atoms with Gasteiger partial charge in [0.15, 0.2) is 0 Å². The molecule has 64 heavy (non-hydrogen) atoms. The van der Waals surface area contributed by atoms with Gasteiger partial charge in [-0.05, 0) is 150 Å². The molecule has 0 aliphatic heterocycles. The Morgan fingerprint density at radius 1 is 0.297 bits per heavy atom. The van der Waals surface area contributed by atoms with Crippen LogP contribution in [-0.2, 0) is 0 Å². The molecule has 0 N–H and O–H groups in total. The lowest BCUT2D eigenvalue weighted by atomic mass is 10.0. The molecule has 2 heteroatoms. The SMILES string of the molecule is C(=C\c1ccc2cc(N(c3ccc4ccccc4c3)c3ccc4ccccc4c3)ccc2c1)/c1ccc(N(c2ccc3ccccc3c2)c2ccc3ccccc3c2)cc1.C=CCC. The highest BCUT2D eigenvalue weighted by Gasteiger charge is 2.16. The second-order valence-corrected chi connectivity index (χ2v) is 16.2. The summed E-state index contributed by atoms with van der Waals surface area (Å²) in [5.74, 6) is 0. The lowest BCUT2D eigenvalue weighted by Gasteiger charge is -2.26. The van der Waals surface area contributed by atoms with Crippen molar-refractivity contribution in [1.29, 1.82) is 0 Å². The van der Waals surface area contributed by atoms with Crippen LogP contribution in [0.1, 0.15) is 24.5 Å². The van der Waals surface area contributed by atoms with Gasteiger partial charge in [0.2, 0.25) is 0 Å². The molecule has 0 aliphatic rings. The summed E-state index contributed by atoms with van der Waals surface area (Å²) in [4.78, 5) is 4.72. The molecule has 11 rings (SSSR count). The molecule has 0 aliphatic carbocycles. The van der Waals surface area contributed by atoms with E-state index in [1.54, 1.807) is 0 Å². The van der Waals surface area contributed by atoms with E-state index >= 15 is 0 Å². The lowest BCUT2D eigenvalue weighted by molar-refractivity contribution is 1.23. The summed E-state index contributed by atoms with van der Waals surface area (Å²) in [5, 5.41) is 12.2. The van der Waals surface area contributed by atoms with Gasteiger partial charge in [0, 0.05) is 34.1 Å². The van der Waals surface area contributed by atoms with Gasteiger partial charge in [0.1, 0.15) is 0 Å². The van der Waals surface area contributed by atoms with Crippen LogP contribution in [0.25, 0.3) is 66.0 Å². The van der Waals surface area contributed by atoms with Crippen LogP contribution >= 0.6 is 0 Å². The summed E-state index contributed by atoms with van der Waals surface area (Å²) in [6, 6.07) is 83.6. The molecular weight excluding hydrogens is 773 g/mol. The summed E-state index contributed by atoms with van der Waals surface area (Å²) < 4.78 is 0. The van der Waals surface area contributed by atoms with Crippen molar-refractivity contribution in [1.82, 2.24) is 0 Å². The number of rotatable bonds is 9. The monoisotopic (exact) mass is 820 g/mol. The molecule has 11 aromatic rings. The Hall–Kier alpha value is -8.20. The first-order chi connectivity index (χ1) is 31.6. The summed E-state index contributed by atoms with van der Waals surface area (Å²) in [6.45, 7) is 5.54. The van der Waals surface area contributed by atoms with Crippen LogP contribution < -0.4 is 9.80 Å². The smallest absolute Gasteiger partial charge is 0.0468 e. The van der Waals surface area contributed by atoms with Crippen LogP contribution in [0.3, 0.4) is 0 Å². The summed E-state index contributed by atoms with van der Waals surface area (Å²) in [6.07, 6.45) is 7.38. The molecule has 0 atom stereocenters. The van der Waals surface area contributed by atoms with Crippen molar-refractivity contribution in [2.45, 2.75) is 13.3 Å². The minimum Gasteiger partial charge on any atom is -0.310 e. The highest BCUT2D eigenvalue weighted by Crippen LogP contribution is 2.40. The number of nitrogens with zero attached hydrogens (tertiary/aromatic N) is 2. The normalized spacial score (nSPS) is 11.3. The van der Waals surface area contributed by atoms with Crippen molar-refractivity contribution in [3.8, 4) is 0 Å². The first-order valence-electron chi connectivity index (χ1n) is 22.1. The van der Waals surface area contributed by atoms with Gasteiger partial charge in [-0.25, -0.2) is 0 Å². The minimum absolute atomic E-state index is 1.08. The molecule has 0 bridgehead atoms. The number of benzene rings is 11. The summed E-state index contributed by atoms with van der Waals surface area (Å²) >= 11 is 0. The second-order valence-electron chi connectivity index (χ2n) is 16.2. The van der Waals surface area contributed by atoms with Crippen LogP contribution in [0.5, 0.6) is 0 Å². The Kier molecular flexibility index (Phi) is 11.2. The van der Waals surface area contributed by atoms with Gasteiger partial charge in [-0.1, -0.05) is 177 Å². The topological polar surface area (TPSA) is 6.48 Å². The van der Waals surface area contributed by atoms with Crippen molar-refractivity contribution in [2.24, 2.45) is 0 Å². The molecular formula is C62H48N2. The number of fused-ring (bicyclic) bond motifs is 5. The van der Waals surface area contributed by atoms with Crippen LogP contribution in [0.15, 0.2) is 243 Å². The molecule has 0 fully saturated rings. The largest absolute Gasteiger partial charge is 0.310 e. The molecule has 0 saturated heterocycles. The molecule has 11 aromatic carbocycles. The lowest BCUT2D eigenvalue weighted by Crippen LogP contribution is -2.10. The summed E-state index contributed by atoms with van der Waals surface area (Å²) in [7, 11) is 0. The minimum atomic E-state index is 1.08. The maximum atomic E-state index is 3.48. The van der Waals surface area contributed by atoms with Crippen LogP contribution in [0, 0.1) is 0 Å².